The molecule has 114 valence electrons. The van der Waals surface area contributed by atoms with Crippen LogP contribution in [-0.4, -0.2) is 17.3 Å². The number of aliphatic hydroxyl groups excluding tert-OH is 1. The van der Waals surface area contributed by atoms with Gasteiger partial charge in [-0.3, -0.25) is 0 Å². The average molecular weight is 278 g/mol. The van der Waals surface area contributed by atoms with Crippen LogP contribution in [0.3, 0.4) is 0 Å². The van der Waals surface area contributed by atoms with Crippen molar-refractivity contribution >= 4 is 0 Å². The molecule has 0 bridgehead atoms. The van der Waals surface area contributed by atoms with Crippen molar-refractivity contribution in [2.75, 3.05) is 0 Å². The molecule has 0 aliphatic carbocycles. The Morgan fingerprint density at radius 2 is 1.50 bits per heavy atom. The van der Waals surface area contributed by atoms with Gasteiger partial charge in [0.25, 0.3) is 0 Å². The first kappa shape index (κ1) is 17.0. The quantitative estimate of drug-likeness (QED) is 0.886. The monoisotopic (exact) mass is 278 g/mol. The van der Waals surface area contributed by atoms with E-state index in [-0.39, 0.29) is 16.9 Å². The van der Waals surface area contributed by atoms with Crippen molar-refractivity contribution in [1.29, 1.82) is 0 Å². The largest absolute Gasteiger partial charge is 0.488 e. The zero-order valence-corrected chi connectivity index (χ0v) is 14.2. The molecule has 0 spiro atoms. The summed E-state index contributed by atoms with van der Waals surface area (Å²) < 4.78 is 5.95. The van der Waals surface area contributed by atoms with Gasteiger partial charge in [-0.25, -0.2) is 0 Å². The van der Waals surface area contributed by atoms with Crippen molar-refractivity contribution in [3.8, 4) is 5.75 Å². The van der Waals surface area contributed by atoms with E-state index in [1.165, 1.54) is 11.1 Å². The van der Waals surface area contributed by atoms with E-state index in [1.54, 1.807) is 6.92 Å². The minimum Gasteiger partial charge on any atom is -0.488 e. The molecule has 0 aliphatic heterocycles. The number of benzene rings is 1. The van der Waals surface area contributed by atoms with E-state index in [2.05, 4.69) is 53.7 Å². The van der Waals surface area contributed by atoms with E-state index in [9.17, 15) is 5.11 Å². The highest BCUT2D eigenvalue weighted by molar-refractivity contribution is 5.43. The molecule has 0 aliphatic rings. The van der Waals surface area contributed by atoms with Gasteiger partial charge in [-0.1, -0.05) is 53.7 Å². The van der Waals surface area contributed by atoms with Gasteiger partial charge in [-0.15, -0.1) is 0 Å². The normalized spacial score (nSPS) is 15.8. The van der Waals surface area contributed by atoms with Gasteiger partial charge in [-0.2, -0.15) is 0 Å². The van der Waals surface area contributed by atoms with Crippen molar-refractivity contribution in [2.24, 2.45) is 0 Å². The molecule has 1 N–H and O–H groups in total. The topological polar surface area (TPSA) is 29.5 Å². The lowest BCUT2D eigenvalue weighted by Gasteiger charge is -2.29. The molecule has 1 rings (SSSR count). The summed E-state index contributed by atoms with van der Waals surface area (Å²) in [6.45, 7) is 16.9. The van der Waals surface area contributed by atoms with Gasteiger partial charge in [0.2, 0.25) is 0 Å². The van der Waals surface area contributed by atoms with Crippen molar-refractivity contribution in [2.45, 2.75) is 78.4 Å². The highest BCUT2D eigenvalue weighted by Crippen LogP contribution is 2.36. The molecule has 2 atom stereocenters. The van der Waals surface area contributed by atoms with Crippen LogP contribution < -0.4 is 4.74 Å². The summed E-state index contributed by atoms with van der Waals surface area (Å²) in [5.74, 6) is 0.874. The lowest BCUT2D eigenvalue weighted by Crippen LogP contribution is -2.27. The number of ether oxygens (including phenoxy) is 1. The van der Waals surface area contributed by atoms with Crippen LogP contribution in [0.4, 0.5) is 0 Å². The second-order valence-corrected chi connectivity index (χ2v) is 7.77. The maximum atomic E-state index is 9.63. The first-order chi connectivity index (χ1) is 8.93. The Labute approximate surface area is 124 Å². The molecule has 2 unspecified atom stereocenters. The fraction of sp³-hybridized carbons (Fsp3) is 0.667. The van der Waals surface area contributed by atoms with E-state index in [0.717, 1.165) is 5.75 Å². The predicted octanol–water partition coefficient (Wildman–Crippen LogP) is 4.43. The molecule has 0 aromatic heterocycles. The van der Waals surface area contributed by atoms with Crippen LogP contribution in [0.25, 0.3) is 0 Å². The fourth-order valence-corrected chi connectivity index (χ4v) is 1.98. The summed E-state index contributed by atoms with van der Waals surface area (Å²) in [6, 6.07) is 6.41. The van der Waals surface area contributed by atoms with Crippen LogP contribution in [0, 0.1) is 0 Å². The highest BCUT2D eigenvalue weighted by Gasteiger charge is 2.24. The summed E-state index contributed by atoms with van der Waals surface area (Å²) in [4.78, 5) is 0. The highest BCUT2D eigenvalue weighted by atomic mass is 16.5. The average Bonchev–Trinajstić information content (AvgIpc) is 2.26. The summed E-state index contributed by atoms with van der Waals surface area (Å²) in [6.07, 6.45) is -0.693. The maximum Gasteiger partial charge on any atom is 0.123 e. The van der Waals surface area contributed by atoms with Crippen LogP contribution in [0.1, 0.15) is 66.5 Å². The molecule has 0 saturated heterocycles. The zero-order chi connectivity index (χ0) is 15.7. The Morgan fingerprint density at radius 3 is 1.90 bits per heavy atom. The fourth-order valence-electron chi connectivity index (χ4n) is 1.98. The van der Waals surface area contributed by atoms with Crippen LogP contribution in [-0.2, 0) is 10.8 Å². The Balaban J connectivity index is 3.25. The molecule has 2 nitrogen and oxygen atoms in total. The van der Waals surface area contributed by atoms with Crippen molar-refractivity contribution in [3.63, 3.8) is 0 Å². The van der Waals surface area contributed by atoms with Crippen LogP contribution in [0.2, 0.25) is 0 Å². The molecule has 20 heavy (non-hydrogen) atoms. The van der Waals surface area contributed by atoms with Crippen molar-refractivity contribution < 1.29 is 9.84 Å². The number of hydrogen-bond acceptors (Lipinski definition) is 2. The van der Waals surface area contributed by atoms with Gasteiger partial charge < -0.3 is 9.84 Å². The summed E-state index contributed by atoms with van der Waals surface area (Å²) in [5, 5.41) is 9.63. The van der Waals surface area contributed by atoms with E-state index in [4.69, 9.17) is 4.74 Å². The molecule has 1 aromatic rings. The van der Waals surface area contributed by atoms with Crippen molar-refractivity contribution in [3.05, 3.63) is 29.3 Å². The number of aliphatic hydroxyl groups is 1. The Kier molecular flexibility index (Phi) is 4.91. The van der Waals surface area contributed by atoms with Crippen LogP contribution >= 0.6 is 0 Å². The van der Waals surface area contributed by atoms with E-state index >= 15 is 0 Å². The Morgan fingerprint density at radius 1 is 0.950 bits per heavy atom. The van der Waals surface area contributed by atoms with E-state index in [1.807, 2.05) is 13.0 Å². The van der Waals surface area contributed by atoms with Gasteiger partial charge in [-0.05, 0) is 41.9 Å². The van der Waals surface area contributed by atoms with Gasteiger partial charge in [0.05, 0.1) is 6.10 Å². The van der Waals surface area contributed by atoms with Gasteiger partial charge in [0.15, 0.2) is 0 Å². The summed E-state index contributed by atoms with van der Waals surface area (Å²) >= 11 is 0. The maximum absolute atomic E-state index is 9.63. The first-order valence-corrected chi connectivity index (χ1v) is 7.42. The second kappa shape index (κ2) is 5.77. The van der Waals surface area contributed by atoms with Crippen LogP contribution in [0.5, 0.6) is 5.75 Å². The summed E-state index contributed by atoms with van der Waals surface area (Å²) in [7, 11) is 0. The third-order valence-corrected chi connectivity index (χ3v) is 3.65. The van der Waals surface area contributed by atoms with Crippen LogP contribution in [0.15, 0.2) is 18.2 Å². The minimum atomic E-state index is -0.481. The smallest absolute Gasteiger partial charge is 0.123 e. The third-order valence-electron chi connectivity index (χ3n) is 3.65. The molecule has 0 fully saturated rings. The van der Waals surface area contributed by atoms with Gasteiger partial charge in [0, 0.05) is 0 Å². The molecule has 2 heteroatoms. The zero-order valence-electron chi connectivity index (χ0n) is 14.2. The standard InChI is InChI=1S/C18H30O2/c1-12(19)13(2)20-16-10-9-14(17(3,4)5)11-15(16)18(6,7)8/h9-13,19H,1-8H3. The molecule has 0 saturated carbocycles. The molecule has 0 amide bonds. The number of rotatable bonds is 3. The summed E-state index contributed by atoms with van der Waals surface area (Å²) in [5.41, 5.74) is 2.63. The van der Waals surface area contributed by atoms with Gasteiger partial charge >= 0.3 is 0 Å². The van der Waals surface area contributed by atoms with Crippen molar-refractivity contribution in [1.82, 2.24) is 0 Å². The molecular formula is C18H30O2. The minimum absolute atomic E-state index is 0.00894. The first-order valence-electron chi connectivity index (χ1n) is 7.42. The third kappa shape index (κ3) is 4.24. The predicted molar refractivity (Wildman–Crippen MR) is 85.6 cm³/mol. The second-order valence-electron chi connectivity index (χ2n) is 7.77. The molecule has 0 heterocycles. The molecule has 0 radical (unpaired) electrons. The van der Waals surface area contributed by atoms with E-state index in [0.29, 0.717) is 0 Å². The SMILES string of the molecule is CC(O)C(C)Oc1ccc(C(C)(C)C)cc1C(C)(C)C. The lowest BCUT2D eigenvalue weighted by molar-refractivity contribution is 0.0592. The molecule has 1 aromatic carbocycles. The lowest BCUT2D eigenvalue weighted by atomic mass is 9.80. The van der Waals surface area contributed by atoms with Gasteiger partial charge in [0.1, 0.15) is 11.9 Å². The Bertz CT molecular complexity index is 447. The molecular weight excluding hydrogens is 248 g/mol. The number of hydrogen-bond donors (Lipinski definition) is 1. The Hall–Kier alpha value is -1.02. The van der Waals surface area contributed by atoms with E-state index < -0.39 is 6.10 Å².